The molecule has 49 heavy (non-hydrogen) atoms. The van der Waals surface area contributed by atoms with Crippen LogP contribution in [0.2, 0.25) is 0 Å². The molecule has 2 N–H and O–H groups in total. The van der Waals surface area contributed by atoms with Crippen molar-refractivity contribution in [2.45, 2.75) is 130 Å². The SMILES string of the molecule is CC.CC(C)C(=O)c1ccnn1C.CC1CNC(=O)[C@@H](CC2Nn3cc(C(C)C4CCC(F)(P)CC4)nc3N=C2C2CCOC(C)(C)C2)C1. The number of aryl methyl sites for hydroxylation is 1. The van der Waals surface area contributed by atoms with Crippen molar-refractivity contribution in [2.24, 2.45) is 41.6 Å². The summed E-state index contributed by atoms with van der Waals surface area (Å²) in [5.74, 6) is 2.45. The number of Topliss-reactive ketones (excluding diaryl/α,β-unsaturated/α-hetero) is 1. The number of rotatable bonds is 7. The van der Waals surface area contributed by atoms with Crippen LogP contribution in [0.15, 0.2) is 23.5 Å². The minimum Gasteiger partial charge on any atom is -0.376 e. The van der Waals surface area contributed by atoms with Gasteiger partial charge in [0.2, 0.25) is 11.9 Å². The third-order valence-electron chi connectivity index (χ3n) is 10.5. The van der Waals surface area contributed by atoms with Crippen molar-refractivity contribution < 1.29 is 18.7 Å². The lowest BCUT2D eigenvalue weighted by Crippen LogP contribution is -2.49. The lowest BCUT2D eigenvalue weighted by molar-refractivity contribution is -0.127. The number of piperidine rings is 1. The van der Waals surface area contributed by atoms with E-state index in [1.807, 2.05) is 32.4 Å². The second-order valence-electron chi connectivity index (χ2n) is 15.4. The van der Waals surface area contributed by atoms with Gasteiger partial charge in [0.15, 0.2) is 5.78 Å². The summed E-state index contributed by atoms with van der Waals surface area (Å²) >= 11 is 0. The van der Waals surface area contributed by atoms with Crippen LogP contribution in [0.4, 0.5) is 10.3 Å². The summed E-state index contributed by atoms with van der Waals surface area (Å²) in [6.07, 6.45) is 10.1. The van der Waals surface area contributed by atoms with Gasteiger partial charge in [-0.05, 0) is 83.1 Å². The number of halogens is 1. The van der Waals surface area contributed by atoms with Gasteiger partial charge in [0.1, 0.15) is 11.1 Å². The molecule has 274 valence electrons. The number of carbonyl (C=O) groups excluding carboxylic acids is 2. The average Bonchev–Trinajstić information content (AvgIpc) is 3.68. The van der Waals surface area contributed by atoms with Gasteiger partial charge < -0.3 is 15.5 Å². The van der Waals surface area contributed by atoms with Crippen molar-refractivity contribution >= 4 is 32.6 Å². The van der Waals surface area contributed by atoms with Gasteiger partial charge in [-0.25, -0.2) is 19.0 Å². The quantitative estimate of drug-likeness (QED) is 0.230. The molecule has 3 aliphatic heterocycles. The Kier molecular flexibility index (Phi) is 13.2. The molecule has 6 rings (SSSR count). The van der Waals surface area contributed by atoms with Crippen LogP contribution >= 0.6 is 9.24 Å². The molecule has 12 heteroatoms. The first kappa shape index (κ1) is 39.1. The Morgan fingerprint density at radius 3 is 2.49 bits per heavy atom. The number of amides is 1. The van der Waals surface area contributed by atoms with E-state index in [1.54, 1.807) is 24.0 Å². The van der Waals surface area contributed by atoms with E-state index in [9.17, 15) is 14.0 Å². The zero-order valence-electron chi connectivity index (χ0n) is 31.3. The summed E-state index contributed by atoms with van der Waals surface area (Å²) in [7, 11) is 4.17. The predicted octanol–water partition coefficient (Wildman–Crippen LogP) is 7.37. The maximum atomic E-state index is 14.3. The Bertz CT molecular complexity index is 1440. The number of nitrogens with zero attached hydrogens (tertiary/aromatic N) is 5. The second kappa shape index (κ2) is 16.6. The van der Waals surface area contributed by atoms with Gasteiger partial charge in [0.25, 0.3) is 0 Å². The summed E-state index contributed by atoms with van der Waals surface area (Å²) in [4.78, 5) is 34.2. The van der Waals surface area contributed by atoms with Gasteiger partial charge in [-0.2, -0.15) is 5.10 Å². The van der Waals surface area contributed by atoms with Gasteiger partial charge in [-0.3, -0.25) is 14.3 Å². The molecule has 0 aromatic carbocycles. The minimum absolute atomic E-state index is 0.0197. The minimum atomic E-state index is -1.11. The highest BCUT2D eigenvalue weighted by atomic mass is 31.0. The molecule has 0 radical (unpaired) electrons. The number of aliphatic imine (C=N–C) groups is 1. The molecule has 6 atom stereocenters. The Morgan fingerprint density at radius 1 is 1.18 bits per heavy atom. The number of nitrogens with one attached hydrogen (secondary N) is 2. The maximum absolute atomic E-state index is 14.3. The lowest BCUT2D eigenvalue weighted by atomic mass is 9.79. The monoisotopic (exact) mass is 701 g/mol. The number of hydrogen-bond acceptors (Lipinski definition) is 7. The van der Waals surface area contributed by atoms with E-state index in [0.29, 0.717) is 48.8 Å². The molecule has 1 aliphatic carbocycles. The van der Waals surface area contributed by atoms with Crippen molar-refractivity contribution in [3.8, 4) is 0 Å². The van der Waals surface area contributed by atoms with Crippen molar-refractivity contribution in [3.63, 3.8) is 0 Å². The number of fused-ring (bicyclic) bond motifs is 1. The molecule has 1 amide bonds. The second-order valence-corrected chi connectivity index (χ2v) is 16.4. The Balaban J connectivity index is 0.000000352. The van der Waals surface area contributed by atoms with Gasteiger partial charge >= 0.3 is 0 Å². The fourth-order valence-electron chi connectivity index (χ4n) is 7.60. The molecule has 2 saturated heterocycles. The zero-order chi connectivity index (χ0) is 36.1. The van der Waals surface area contributed by atoms with Crippen molar-refractivity contribution in [2.75, 3.05) is 18.6 Å². The summed E-state index contributed by atoms with van der Waals surface area (Å²) < 4.78 is 23.9. The molecule has 10 nitrogen and oxygen atoms in total. The van der Waals surface area contributed by atoms with Gasteiger partial charge in [-0.1, -0.05) is 50.8 Å². The molecule has 4 aliphatic rings. The largest absolute Gasteiger partial charge is 0.376 e. The maximum Gasteiger partial charge on any atom is 0.248 e. The van der Waals surface area contributed by atoms with E-state index in [-0.39, 0.29) is 41.1 Å². The number of imidazole rings is 1. The molecule has 0 spiro atoms. The van der Waals surface area contributed by atoms with Crippen LogP contribution in [-0.4, -0.2) is 67.0 Å². The lowest BCUT2D eigenvalue weighted by Gasteiger charge is -2.40. The Hall–Kier alpha value is -2.65. The Morgan fingerprint density at radius 2 is 1.88 bits per heavy atom. The first-order valence-corrected chi connectivity index (χ1v) is 19.1. The molecule has 0 bridgehead atoms. The zero-order valence-corrected chi connectivity index (χ0v) is 32.4. The Labute approximate surface area is 295 Å². The molecule has 3 fully saturated rings. The highest BCUT2D eigenvalue weighted by Gasteiger charge is 2.40. The third-order valence-corrected chi connectivity index (χ3v) is 11.1. The van der Waals surface area contributed by atoms with E-state index in [0.717, 1.165) is 56.5 Å². The number of ether oxygens (including phenoxy) is 1. The fourth-order valence-corrected chi connectivity index (χ4v) is 7.93. The number of carbonyl (C=O) groups is 2. The van der Waals surface area contributed by atoms with Crippen molar-refractivity contribution in [1.29, 1.82) is 0 Å². The van der Waals surface area contributed by atoms with Crippen LogP contribution in [-0.2, 0) is 16.6 Å². The van der Waals surface area contributed by atoms with Crippen LogP contribution in [0.5, 0.6) is 0 Å². The van der Waals surface area contributed by atoms with Gasteiger partial charge in [0, 0.05) is 55.8 Å². The van der Waals surface area contributed by atoms with Crippen LogP contribution in [0, 0.1) is 29.6 Å². The smallest absolute Gasteiger partial charge is 0.248 e. The van der Waals surface area contributed by atoms with E-state index < -0.39 is 5.41 Å². The molecule has 2 aromatic rings. The topological polar surface area (TPSA) is 115 Å². The first-order valence-electron chi connectivity index (χ1n) is 18.5. The third kappa shape index (κ3) is 9.99. The summed E-state index contributed by atoms with van der Waals surface area (Å²) in [5, 5.41) is 5.89. The van der Waals surface area contributed by atoms with E-state index >= 15 is 0 Å². The van der Waals surface area contributed by atoms with E-state index in [2.05, 4.69) is 59.0 Å². The normalized spacial score (nSPS) is 29.9. The van der Waals surface area contributed by atoms with E-state index in [4.69, 9.17) is 14.7 Å². The van der Waals surface area contributed by atoms with Gasteiger partial charge in [-0.15, -0.1) is 0 Å². The fraction of sp³-hybridized carbons (Fsp3) is 0.757. The predicted molar refractivity (Wildman–Crippen MR) is 198 cm³/mol. The standard InChI is InChI=1S/C27H43FN5O2P.C8H12N2O.C2H6/c1-16-11-20(24(34)29-14-16)12-21-23(19-7-10-35-26(3,4)13-19)31-25-30-22(15-33(25)32-21)17(2)18-5-8-27(28,36)9-6-18;1-6(2)8(11)7-4-5-9-10(7)3;1-2/h15-21,32H,5-14,36H2,1-4H3,(H,29,34);4-6H,1-3H3;1-2H3/t16?,17?,18?,19?,20-,21?,27?;;/m1../s1. The molecular formula is C37H61FN7O3P. The number of alkyl halides is 1. The summed E-state index contributed by atoms with van der Waals surface area (Å²) in [6.45, 7) is 18.0. The summed E-state index contributed by atoms with van der Waals surface area (Å²) in [5.41, 5.74) is 6.30. The molecule has 2 aromatic heterocycles. The van der Waals surface area contributed by atoms with Crippen LogP contribution in [0.25, 0.3) is 0 Å². The molecule has 1 saturated carbocycles. The first-order chi connectivity index (χ1) is 23.1. The van der Waals surface area contributed by atoms with Crippen molar-refractivity contribution in [1.82, 2.24) is 24.8 Å². The van der Waals surface area contributed by atoms with E-state index in [1.165, 1.54) is 0 Å². The molecule has 5 heterocycles. The number of hydrogen-bond donors (Lipinski definition) is 2. The molecule has 5 unspecified atom stereocenters. The summed E-state index contributed by atoms with van der Waals surface area (Å²) in [6, 6.07) is 1.72. The van der Waals surface area contributed by atoms with Crippen LogP contribution < -0.4 is 10.7 Å². The number of aromatic nitrogens is 4. The highest BCUT2D eigenvalue weighted by Crippen LogP contribution is 2.45. The molecular weight excluding hydrogens is 640 g/mol. The van der Waals surface area contributed by atoms with Crippen molar-refractivity contribution in [3.05, 3.63) is 29.8 Å². The average molecular weight is 702 g/mol. The van der Waals surface area contributed by atoms with Gasteiger partial charge in [0.05, 0.1) is 23.5 Å². The number of ketones is 1. The van der Waals surface area contributed by atoms with Crippen LogP contribution in [0.3, 0.4) is 0 Å². The highest BCUT2D eigenvalue weighted by molar-refractivity contribution is 7.18. The van der Waals surface area contributed by atoms with Crippen LogP contribution in [0.1, 0.15) is 129 Å².